The molecule has 0 aliphatic rings. The average molecular weight is 266 g/mol. The van der Waals surface area contributed by atoms with Crippen molar-refractivity contribution >= 4 is 11.6 Å². The van der Waals surface area contributed by atoms with E-state index in [1.54, 1.807) is 43.5 Å². The van der Waals surface area contributed by atoms with Crippen LogP contribution in [0.2, 0.25) is 0 Å². The van der Waals surface area contributed by atoms with Crippen molar-refractivity contribution in [3.8, 4) is 11.8 Å². The molecular weight excluding hydrogens is 252 g/mol. The van der Waals surface area contributed by atoms with E-state index in [1.165, 1.54) is 0 Å². The number of hydrogen-bond acceptors (Lipinski definition) is 3. The zero-order valence-corrected chi connectivity index (χ0v) is 11.3. The van der Waals surface area contributed by atoms with Crippen LogP contribution in [0.3, 0.4) is 0 Å². The first-order chi connectivity index (χ1) is 9.63. The van der Waals surface area contributed by atoms with E-state index in [-0.39, 0.29) is 5.91 Å². The number of nitrogens with one attached hydrogen (secondary N) is 1. The van der Waals surface area contributed by atoms with E-state index in [9.17, 15) is 4.79 Å². The second kappa shape index (κ2) is 5.89. The minimum Gasteiger partial charge on any atom is -0.496 e. The first-order valence-electron chi connectivity index (χ1n) is 6.10. The molecule has 1 N–H and O–H groups in total. The van der Waals surface area contributed by atoms with Crippen LogP contribution in [0.4, 0.5) is 5.69 Å². The third-order valence-corrected chi connectivity index (χ3v) is 2.92. The molecule has 20 heavy (non-hydrogen) atoms. The predicted molar refractivity (Wildman–Crippen MR) is 76.8 cm³/mol. The Bertz CT molecular complexity index is 687. The van der Waals surface area contributed by atoms with Crippen LogP contribution >= 0.6 is 0 Å². The van der Waals surface area contributed by atoms with Crippen LogP contribution in [0.25, 0.3) is 0 Å². The number of aryl methyl sites for hydroxylation is 1. The second-order valence-electron chi connectivity index (χ2n) is 4.33. The van der Waals surface area contributed by atoms with Crippen LogP contribution < -0.4 is 10.1 Å². The van der Waals surface area contributed by atoms with Crippen LogP contribution in [0, 0.1) is 18.3 Å². The highest BCUT2D eigenvalue weighted by Gasteiger charge is 2.09. The van der Waals surface area contributed by atoms with Crippen molar-refractivity contribution < 1.29 is 9.53 Å². The summed E-state index contributed by atoms with van der Waals surface area (Å²) in [6, 6.07) is 14.1. The van der Waals surface area contributed by atoms with E-state index in [2.05, 4.69) is 5.32 Å². The summed E-state index contributed by atoms with van der Waals surface area (Å²) in [5.41, 5.74) is 2.57. The molecule has 0 fully saturated rings. The third kappa shape index (κ3) is 2.96. The fourth-order valence-electron chi connectivity index (χ4n) is 1.83. The van der Waals surface area contributed by atoms with Gasteiger partial charge in [-0.3, -0.25) is 4.79 Å². The molecule has 2 aromatic rings. The number of anilines is 1. The maximum atomic E-state index is 12.1. The average Bonchev–Trinajstić information content (AvgIpc) is 2.47. The van der Waals surface area contributed by atoms with Gasteiger partial charge in [0, 0.05) is 11.3 Å². The molecular formula is C16H14N2O2. The number of nitrogens with zero attached hydrogens (tertiary/aromatic N) is 1. The van der Waals surface area contributed by atoms with Gasteiger partial charge in [-0.1, -0.05) is 12.1 Å². The number of benzene rings is 2. The lowest BCUT2D eigenvalue weighted by atomic mass is 10.1. The first-order valence-corrected chi connectivity index (χ1v) is 6.10. The highest BCUT2D eigenvalue weighted by atomic mass is 16.5. The number of methoxy groups -OCH3 is 1. The largest absolute Gasteiger partial charge is 0.496 e. The van der Waals surface area contributed by atoms with E-state index >= 15 is 0 Å². The van der Waals surface area contributed by atoms with Crippen molar-refractivity contribution in [2.75, 3.05) is 12.4 Å². The summed E-state index contributed by atoms with van der Waals surface area (Å²) in [5, 5.41) is 11.6. The van der Waals surface area contributed by atoms with Gasteiger partial charge in [0.2, 0.25) is 0 Å². The van der Waals surface area contributed by atoms with E-state index < -0.39 is 0 Å². The molecule has 0 atom stereocenters. The van der Waals surface area contributed by atoms with Gasteiger partial charge in [0.05, 0.1) is 18.7 Å². The Labute approximate surface area is 117 Å². The van der Waals surface area contributed by atoms with Gasteiger partial charge < -0.3 is 10.1 Å². The van der Waals surface area contributed by atoms with Crippen molar-refractivity contribution in [3.63, 3.8) is 0 Å². The molecule has 0 saturated carbocycles. The Morgan fingerprint density at radius 1 is 1.25 bits per heavy atom. The lowest BCUT2D eigenvalue weighted by molar-refractivity contribution is 0.102. The lowest BCUT2D eigenvalue weighted by Crippen LogP contribution is -2.12. The zero-order valence-electron chi connectivity index (χ0n) is 11.3. The number of nitriles is 1. The summed E-state index contributed by atoms with van der Waals surface area (Å²) in [6.45, 7) is 1.91. The van der Waals surface area contributed by atoms with Crippen molar-refractivity contribution in [1.82, 2.24) is 0 Å². The van der Waals surface area contributed by atoms with Gasteiger partial charge in [0.25, 0.3) is 5.91 Å². The molecule has 0 aromatic heterocycles. The minimum atomic E-state index is -0.238. The monoisotopic (exact) mass is 266 g/mol. The van der Waals surface area contributed by atoms with Gasteiger partial charge in [-0.25, -0.2) is 0 Å². The molecule has 2 aromatic carbocycles. The van der Waals surface area contributed by atoms with Crippen LogP contribution in [-0.4, -0.2) is 13.0 Å². The van der Waals surface area contributed by atoms with Crippen LogP contribution in [-0.2, 0) is 0 Å². The maximum absolute atomic E-state index is 12.1. The summed E-state index contributed by atoms with van der Waals surface area (Å²) in [6.07, 6.45) is 0. The molecule has 4 nitrogen and oxygen atoms in total. The van der Waals surface area contributed by atoms with Crippen molar-refractivity contribution in [2.45, 2.75) is 6.92 Å². The Hall–Kier alpha value is -2.80. The Kier molecular flexibility index (Phi) is 4.02. The van der Waals surface area contributed by atoms with Gasteiger partial charge in [0.1, 0.15) is 5.75 Å². The molecule has 0 radical (unpaired) electrons. The second-order valence-corrected chi connectivity index (χ2v) is 4.33. The smallest absolute Gasteiger partial charge is 0.255 e. The van der Waals surface area contributed by atoms with Gasteiger partial charge in [-0.05, 0) is 42.8 Å². The van der Waals surface area contributed by atoms with E-state index in [4.69, 9.17) is 10.00 Å². The zero-order chi connectivity index (χ0) is 14.5. The molecule has 1 amide bonds. The topological polar surface area (TPSA) is 62.1 Å². The van der Waals surface area contributed by atoms with Crippen LogP contribution in [0.5, 0.6) is 5.75 Å². The van der Waals surface area contributed by atoms with E-state index in [1.807, 2.05) is 19.1 Å². The molecule has 0 bridgehead atoms. The van der Waals surface area contributed by atoms with Crippen molar-refractivity contribution in [1.29, 1.82) is 5.26 Å². The molecule has 0 aliphatic carbocycles. The Morgan fingerprint density at radius 2 is 2.05 bits per heavy atom. The summed E-state index contributed by atoms with van der Waals surface area (Å²) in [4.78, 5) is 12.1. The number of hydrogen-bond donors (Lipinski definition) is 1. The molecule has 0 heterocycles. The minimum absolute atomic E-state index is 0.238. The summed E-state index contributed by atoms with van der Waals surface area (Å²) < 4.78 is 5.20. The lowest BCUT2D eigenvalue weighted by Gasteiger charge is -2.08. The quantitative estimate of drug-likeness (QED) is 0.928. The van der Waals surface area contributed by atoms with Gasteiger partial charge in [-0.2, -0.15) is 5.26 Å². The normalized spacial score (nSPS) is 9.65. The predicted octanol–water partition coefficient (Wildman–Crippen LogP) is 3.13. The summed E-state index contributed by atoms with van der Waals surface area (Å²) >= 11 is 0. The molecule has 0 aliphatic heterocycles. The molecule has 100 valence electrons. The van der Waals surface area contributed by atoms with Gasteiger partial charge in [0.15, 0.2) is 0 Å². The van der Waals surface area contributed by atoms with Crippen molar-refractivity contribution in [3.05, 3.63) is 59.2 Å². The van der Waals surface area contributed by atoms with Gasteiger partial charge >= 0.3 is 0 Å². The number of amides is 1. The number of carbonyl (C=O) groups excluding carboxylic acids is 1. The Morgan fingerprint density at radius 3 is 2.75 bits per heavy atom. The maximum Gasteiger partial charge on any atom is 0.255 e. The third-order valence-electron chi connectivity index (χ3n) is 2.92. The standard InChI is InChI=1S/C16H14N2O2/c1-11-6-7-13(9-15(11)20-2)16(19)18-14-5-3-4-12(8-14)10-17/h3-9H,1-2H3,(H,18,19). The van der Waals surface area contributed by atoms with E-state index in [0.29, 0.717) is 22.6 Å². The molecule has 0 unspecified atom stereocenters. The fourth-order valence-corrected chi connectivity index (χ4v) is 1.83. The first kappa shape index (κ1) is 13.6. The van der Waals surface area contributed by atoms with Crippen LogP contribution in [0.1, 0.15) is 21.5 Å². The van der Waals surface area contributed by atoms with Crippen molar-refractivity contribution in [2.24, 2.45) is 0 Å². The SMILES string of the molecule is COc1cc(C(=O)Nc2cccc(C#N)c2)ccc1C. The number of carbonyl (C=O) groups is 1. The number of ether oxygens (including phenoxy) is 1. The molecule has 2 rings (SSSR count). The van der Waals surface area contributed by atoms with Gasteiger partial charge in [-0.15, -0.1) is 0 Å². The highest BCUT2D eigenvalue weighted by Crippen LogP contribution is 2.20. The molecule has 0 saturated heterocycles. The molecule has 0 spiro atoms. The van der Waals surface area contributed by atoms with E-state index in [0.717, 1.165) is 5.56 Å². The van der Waals surface area contributed by atoms with Crippen LogP contribution in [0.15, 0.2) is 42.5 Å². The number of rotatable bonds is 3. The summed E-state index contributed by atoms with van der Waals surface area (Å²) in [7, 11) is 1.57. The molecule has 4 heteroatoms. The Balaban J connectivity index is 2.22. The summed E-state index contributed by atoms with van der Waals surface area (Å²) in [5.74, 6) is 0.432. The fraction of sp³-hybridized carbons (Fsp3) is 0.125. The highest BCUT2D eigenvalue weighted by molar-refractivity contribution is 6.04.